The number of carbonyl (C=O) groups is 2. The summed E-state index contributed by atoms with van der Waals surface area (Å²) in [4.78, 5) is 22.2. The van der Waals surface area contributed by atoms with E-state index in [9.17, 15) is 9.59 Å². The number of urea groups is 1. The highest BCUT2D eigenvalue weighted by Gasteiger charge is 2.18. The zero-order chi connectivity index (χ0) is 13.8. The van der Waals surface area contributed by atoms with Gasteiger partial charge in [-0.25, -0.2) is 9.59 Å². The second kappa shape index (κ2) is 10.8. The van der Waals surface area contributed by atoms with E-state index in [1.165, 1.54) is 0 Å². The summed E-state index contributed by atoms with van der Waals surface area (Å²) >= 11 is 0. The molecule has 0 bridgehead atoms. The molecule has 6 heteroatoms. The fourth-order valence-corrected chi connectivity index (χ4v) is 1.34. The van der Waals surface area contributed by atoms with Crippen LogP contribution in [0.1, 0.15) is 39.5 Å². The third-order valence-corrected chi connectivity index (χ3v) is 2.35. The SMILES string of the molecule is CCCCOCCNC(=O)NC(CCC)C(=O)O. The Kier molecular flexibility index (Phi) is 10.0. The lowest BCUT2D eigenvalue weighted by atomic mass is 10.2. The van der Waals surface area contributed by atoms with Crippen molar-refractivity contribution < 1.29 is 19.4 Å². The second-order valence-corrected chi connectivity index (χ2v) is 4.05. The first-order valence-electron chi connectivity index (χ1n) is 6.46. The molecule has 1 unspecified atom stereocenters. The van der Waals surface area contributed by atoms with Crippen molar-refractivity contribution >= 4 is 12.0 Å². The zero-order valence-electron chi connectivity index (χ0n) is 11.2. The molecule has 0 aromatic rings. The van der Waals surface area contributed by atoms with Gasteiger partial charge in [0, 0.05) is 13.2 Å². The molecule has 106 valence electrons. The Morgan fingerprint density at radius 2 is 1.94 bits per heavy atom. The first-order chi connectivity index (χ1) is 8.61. The van der Waals surface area contributed by atoms with Crippen LogP contribution in [-0.4, -0.2) is 42.9 Å². The van der Waals surface area contributed by atoms with Gasteiger partial charge >= 0.3 is 12.0 Å². The number of rotatable bonds is 10. The van der Waals surface area contributed by atoms with Crippen LogP contribution in [0.15, 0.2) is 0 Å². The average Bonchev–Trinajstić information content (AvgIpc) is 2.33. The van der Waals surface area contributed by atoms with Crippen LogP contribution in [0.25, 0.3) is 0 Å². The van der Waals surface area contributed by atoms with E-state index in [-0.39, 0.29) is 0 Å². The number of nitrogens with one attached hydrogen (secondary N) is 2. The number of aliphatic carboxylic acids is 1. The summed E-state index contributed by atoms with van der Waals surface area (Å²) in [6, 6.07) is -1.29. The molecule has 0 aliphatic rings. The van der Waals surface area contributed by atoms with Gasteiger partial charge in [-0.05, 0) is 12.8 Å². The van der Waals surface area contributed by atoms with Gasteiger partial charge in [0.2, 0.25) is 0 Å². The highest BCUT2D eigenvalue weighted by Crippen LogP contribution is 1.96. The van der Waals surface area contributed by atoms with Crippen molar-refractivity contribution in [1.29, 1.82) is 0 Å². The standard InChI is InChI=1S/C12H24N2O4/c1-3-5-8-18-9-7-13-12(17)14-10(6-4-2)11(15)16/h10H,3-9H2,1-2H3,(H,15,16)(H2,13,14,17). The van der Waals surface area contributed by atoms with Gasteiger partial charge in [-0.1, -0.05) is 26.7 Å². The van der Waals surface area contributed by atoms with Crippen LogP contribution >= 0.6 is 0 Å². The number of ether oxygens (including phenoxy) is 1. The highest BCUT2D eigenvalue weighted by molar-refractivity contribution is 5.82. The second-order valence-electron chi connectivity index (χ2n) is 4.05. The van der Waals surface area contributed by atoms with Crippen molar-refractivity contribution in [2.75, 3.05) is 19.8 Å². The molecule has 0 fully saturated rings. The van der Waals surface area contributed by atoms with E-state index in [2.05, 4.69) is 17.6 Å². The first kappa shape index (κ1) is 16.7. The minimum absolute atomic E-state index is 0.383. The number of unbranched alkanes of at least 4 members (excludes halogenated alkanes) is 1. The van der Waals surface area contributed by atoms with Gasteiger partial charge < -0.3 is 20.5 Å². The molecule has 0 radical (unpaired) electrons. The Morgan fingerprint density at radius 3 is 2.50 bits per heavy atom. The molecule has 0 saturated heterocycles. The first-order valence-corrected chi connectivity index (χ1v) is 6.46. The average molecular weight is 260 g/mol. The molecule has 0 spiro atoms. The van der Waals surface area contributed by atoms with Crippen LogP contribution in [0.3, 0.4) is 0 Å². The van der Waals surface area contributed by atoms with Crippen molar-refractivity contribution in [2.24, 2.45) is 0 Å². The topological polar surface area (TPSA) is 87.7 Å². The molecule has 1 atom stereocenters. The lowest BCUT2D eigenvalue weighted by Gasteiger charge is -2.14. The van der Waals surface area contributed by atoms with Gasteiger partial charge in [0.15, 0.2) is 0 Å². The van der Waals surface area contributed by atoms with Crippen LogP contribution < -0.4 is 10.6 Å². The van der Waals surface area contributed by atoms with E-state index in [0.717, 1.165) is 12.8 Å². The minimum Gasteiger partial charge on any atom is -0.480 e. The maximum absolute atomic E-state index is 11.4. The molecule has 6 nitrogen and oxygen atoms in total. The van der Waals surface area contributed by atoms with Crippen molar-refractivity contribution in [3.05, 3.63) is 0 Å². The fourth-order valence-electron chi connectivity index (χ4n) is 1.34. The predicted octanol–water partition coefficient (Wildman–Crippen LogP) is 1.36. The molecular formula is C12H24N2O4. The van der Waals surface area contributed by atoms with Gasteiger partial charge in [-0.3, -0.25) is 0 Å². The maximum Gasteiger partial charge on any atom is 0.326 e. The molecule has 0 heterocycles. The lowest BCUT2D eigenvalue weighted by molar-refractivity contribution is -0.139. The van der Waals surface area contributed by atoms with Crippen LogP contribution in [-0.2, 0) is 9.53 Å². The summed E-state index contributed by atoms with van der Waals surface area (Å²) in [5.41, 5.74) is 0. The Labute approximate surface area is 108 Å². The molecule has 0 aromatic carbocycles. The molecule has 0 saturated carbocycles. The van der Waals surface area contributed by atoms with E-state index < -0.39 is 18.0 Å². The fraction of sp³-hybridized carbons (Fsp3) is 0.833. The molecule has 3 N–H and O–H groups in total. The number of carbonyl (C=O) groups excluding carboxylic acids is 1. The smallest absolute Gasteiger partial charge is 0.326 e. The van der Waals surface area contributed by atoms with Gasteiger partial charge in [0.1, 0.15) is 6.04 Å². The Hall–Kier alpha value is -1.30. The maximum atomic E-state index is 11.4. The van der Waals surface area contributed by atoms with E-state index in [1.807, 2.05) is 6.92 Å². The highest BCUT2D eigenvalue weighted by atomic mass is 16.5. The Morgan fingerprint density at radius 1 is 1.22 bits per heavy atom. The van der Waals surface area contributed by atoms with E-state index in [4.69, 9.17) is 9.84 Å². The van der Waals surface area contributed by atoms with Crippen LogP contribution in [0.4, 0.5) is 4.79 Å². The molecule has 0 aliphatic carbocycles. The quantitative estimate of drug-likeness (QED) is 0.517. The summed E-state index contributed by atoms with van der Waals surface area (Å²) in [5.74, 6) is -1.01. The summed E-state index contributed by atoms with van der Waals surface area (Å²) in [6.45, 7) is 5.46. The van der Waals surface area contributed by atoms with Gasteiger partial charge in [-0.15, -0.1) is 0 Å². The van der Waals surface area contributed by atoms with Crippen molar-refractivity contribution in [3.8, 4) is 0 Å². The zero-order valence-corrected chi connectivity index (χ0v) is 11.2. The van der Waals surface area contributed by atoms with Crippen molar-refractivity contribution in [3.63, 3.8) is 0 Å². The van der Waals surface area contributed by atoms with Gasteiger partial charge in [0.25, 0.3) is 0 Å². The van der Waals surface area contributed by atoms with Crippen LogP contribution in [0.5, 0.6) is 0 Å². The molecular weight excluding hydrogens is 236 g/mol. The number of amides is 2. The summed E-state index contributed by atoms with van der Waals surface area (Å²) in [6.07, 6.45) is 3.21. The van der Waals surface area contributed by atoms with E-state index in [1.54, 1.807) is 0 Å². The molecule has 0 rings (SSSR count). The third-order valence-electron chi connectivity index (χ3n) is 2.35. The minimum atomic E-state index is -1.01. The summed E-state index contributed by atoms with van der Waals surface area (Å²) in [7, 11) is 0. The molecule has 0 aliphatic heterocycles. The molecule has 2 amide bonds. The number of carboxylic acids is 1. The van der Waals surface area contributed by atoms with Gasteiger partial charge in [0.05, 0.1) is 6.61 Å². The number of carboxylic acid groups (broad SMARTS) is 1. The third kappa shape index (κ3) is 8.81. The van der Waals surface area contributed by atoms with Crippen molar-refractivity contribution in [1.82, 2.24) is 10.6 Å². The number of hydrogen-bond acceptors (Lipinski definition) is 3. The largest absolute Gasteiger partial charge is 0.480 e. The van der Waals surface area contributed by atoms with Crippen LogP contribution in [0, 0.1) is 0 Å². The predicted molar refractivity (Wildman–Crippen MR) is 68.6 cm³/mol. The normalized spacial score (nSPS) is 11.9. The molecule has 18 heavy (non-hydrogen) atoms. The van der Waals surface area contributed by atoms with Gasteiger partial charge in [-0.2, -0.15) is 0 Å². The Bertz CT molecular complexity index is 246. The van der Waals surface area contributed by atoms with Crippen molar-refractivity contribution in [2.45, 2.75) is 45.6 Å². The number of hydrogen-bond donors (Lipinski definition) is 3. The lowest BCUT2D eigenvalue weighted by Crippen LogP contribution is -2.46. The summed E-state index contributed by atoms with van der Waals surface area (Å²) in [5, 5.41) is 13.8. The monoisotopic (exact) mass is 260 g/mol. The van der Waals surface area contributed by atoms with Crippen LogP contribution in [0.2, 0.25) is 0 Å². The Balaban J connectivity index is 3.65. The summed E-state index contributed by atoms with van der Waals surface area (Å²) < 4.78 is 5.27. The van der Waals surface area contributed by atoms with E-state index >= 15 is 0 Å². The molecule has 0 aromatic heterocycles. The van der Waals surface area contributed by atoms with E-state index in [0.29, 0.717) is 32.6 Å².